The molecule has 0 aromatic rings. The van der Waals surface area contributed by atoms with Gasteiger partial charge in [0.2, 0.25) is 17.7 Å². The minimum absolute atomic E-state index is 0.00456. The molecular weight excluding hydrogens is 270 g/mol. The topological polar surface area (TPSA) is 78.5 Å². The Morgan fingerprint density at radius 3 is 2.00 bits per heavy atom. The molecule has 1 atom stereocenters. The molecule has 0 aliphatic heterocycles. The molecule has 0 saturated heterocycles. The normalized spacial score (nSPS) is 12.8. The summed E-state index contributed by atoms with van der Waals surface area (Å²) in [7, 11) is 0. The van der Waals surface area contributed by atoms with Crippen molar-refractivity contribution in [1.82, 2.24) is 15.5 Å². The number of nitrogens with zero attached hydrogens (tertiary/aromatic N) is 1. The van der Waals surface area contributed by atoms with Gasteiger partial charge in [-0.15, -0.1) is 0 Å². The van der Waals surface area contributed by atoms with E-state index in [9.17, 15) is 14.4 Å². The summed E-state index contributed by atoms with van der Waals surface area (Å²) in [5, 5.41) is 5.48. The van der Waals surface area contributed by atoms with Gasteiger partial charge in [0.1, 0.15) is 6.04 Å². The van der Waals surface area contributed by atoms with E-state index in [0.717, 1.165) is 0 Å². The van der Waals surface area contributed by atoms with Gasteiger partial charge in [-0.05, 0) is 33.6 Å². The molecule has 0 fully saturated rings. The monoisotopic (exact) mass is 299 g/mol. The van der Waals surface area contributed by atoms with Crippen LogP contribution in [-0.2, 0) is 14.4 Å². The van der Waals surface area contributed by atoms with E-state index < -0.39 is 6.04 Å². The number of likely N-dealkylation sites (N-methyl/N-ethyl adjacent to an activating group) is 1. The lowest BCUT2D eigenvalue weighted by Gasteiger charge is -2.29. The van der Waals surface area contributed by atoms with E-state index in [1.54, 1.807) is 0 Å². The highest BCUT2D eigenvalue weighted by atomic mass is 16.2. The summed E-state index contributed by atoms with van der Waals surface area (Å²) in [4.78, 5) is 37.1. The van der Waals surface area contributed by atoms with Gasteiger partial charge in [-0.3, -0.25) is 14.4 Å². The molecule has 6 nitrogen and oxygen atoms in total. The van der Waals surface area contributed by atoms with Crippen molar-refractivity contribution < 1.29 is 14.4 Å². The van der Waals surface area contributed by atoms with Crippen LogP contribution in [-0.4, -0.2) is 47.3 Å². The van der Waals surface area contributed by atoms with Crippen LogP contribution in [0.25, 0.3) is 0 Å². The third-order valence-electron chi connectivity index (χ3n) is 2.83. The maximum Gasteiger partial charge on any atom is 0.245 e. The maximum atomic E-state index is 12.5. The first-order chi connectivity index (χ1) is 9.47. The van der Waals surface area contributed by atoms with E-state index in [0.29, 0.717) is 6.54 Å². The summed E-state index contributed by atoms with van der Waals surface area (Å²) in [6, 6.07) is -0.607. The average molecular weight is 299 g/mol. The molecule has 0 saturated carbocycles. The van der Waals surface area contributed by atoms with Gasteiger partial charge >= 0.3 is 0 Å². The molecule has 21 heavy (non-hydrogen) atoms. The first kappa shape index (κ1) is 19.4. The van der Waals surface area contributed by atoms with Crippen LogP contribution in [0.5, 0.6) is 0 Å². The molecule has 0 rings (SSSR count). The van der Waals surface area contributed by atoms with Crippen molar-refractivity contribution in [1.29, 1.82) is 0 Å². The number of rotatable bonds is 6. The number of carbonyl (C=O) groups excluding carboxylic acids is 3. The van der Waals surface area contributed by atoms with Crippen LogP contribution in [0.15, 0.2) is 0 Å². The lowest BCUT2D eigenvalue weighted by atomic mass is 10.0. The first-order valence-electron chi connectivity index (χ1n) is 7.34. The van der Waals surface area contributed by atoms with Gasteiger partial charge in [-0.1, -0.05) is 13.8 Å². The lowest BCUT2D eigenvalue weighted by molar-refractivity contribution is -0.140. The van der Waals surface area contributed by atoms with Crippen molar-refractivity contribution in [2.75, 3.05) is 13.1 Å². The molecule has 0 aliphatic carbocycles. The number of hydrogen-bond donors (Lipinski definition) is 2. The zero-order valence-electron chi connectivity index (χ0n) is 14.2. The molecule has 0 spiro atoms. The summed E-state index contributed by atoms with van der Waals surface area (Å²) < 4.78 is 0. The van der Waals surface area contributed by atoms with Crippen LogP contribution in [0.1, 0.15) is 48.5 Å². The van der Waals surface area contributed by atoms with E-state index >= 15 is 0 Å². The van der Waals surface area contributed by atoms with Gasteiger partial charge in [0.05, 0.1) is 6.54 Å². The molecule has 0 aliphatic rings. The van der Waals surface area contributed by atoms with Crippen LogP contribution in [0.3, 0.4) is 0 Å². The number of nitrogens with one attached hydrogen (secondary N) is 2. The maximum absolute atomic E-state index is 12.5. The van der Waals surface area contributed by atoms with Gasteiger partial charge in [0.15, 0.2) is 0 Å². The SMILES string of the molecule is CCN(CC(=O)NC(C)(C)C)C(=O)C(NC(C)=O)C(C)C. The van der Waals surface area contributed by atoms with E-state index in [4.69, 9.17) is 0 Å². The molecule has 122 valence electrons. The Bertz CT molecular complexity index is 386. The number of amides is 3. The predicted octanol–water partition coefficient (Wildman–Crippen LogP) is 0.910. The molecule has 0 bridgehead atoms. The molecular formula is C15H29N3O3. The third kappa shape index (κ3) is 7.68. The van der Waals surface area contributed by atoms with E-state index in [-0.39, 0.29) is 35.7 Å². The Morgan fingerprint density at radius 2 is 1.67 bits per heavy atom. The second-order valence-corrected chi connectivity index (χ2v) is 6.57. The smallest absolute Gasteiger partial charge is 0.245 e. The van der Waals surface area contributed by atoms with Gasteiger partial charge in [0.25, 0.3) is 0 Å². The average Bonchev–Trinajstić information content (AvgIpc) is 2.29. The zero-order chi connectivity index (χ0) is 16.8. The van der Waals surface area contributed by atoms with Crippen molar-refractivity contribution in [3.63, 3.8) is 0 Å². The zero-order valence-corrected chi connectivity index (χ0v) is 14.2. The highest BCUT2D eigenvalue weighted by Crippen LogP contribution is 2.07. The van der Waals surface area contributed by atoms with Crippen molar-refractivity contribution >= 4 is 17.7 Å². The predicted molar refractivity (Wildman–Crippen MR) is 82.6 cm³/mol. The quantitative estimate of drug-likeness (QED) is 0.765. The van der Waals surface area contributed by atoms with Gasteiger partial charge < -0.3 is 15.5 Å². The molecule has 1 unspecified atom stereocenters. The summed E-state index contributed by atoms with van der Waals surface area (Å²) >= 11 is 0. The second-order valence-electron chi connectivity index (χ2n) is 6.57. The van der Waals surface area contributed by atoms with E-state index in [1.807, 2.05) is 41.5 Å². The molecule has 3 amide bonds. The van der Waals surface area contributed by atoms with Crippen molar-refractivity contribution in [3.05, 3.63) is 0 Å². The summed E-state index contributed by atoms with van der Waals surface area (Å²) in [5.41, 5.74) is -0.339. The molecule has 0 aromatic heterocycles. The van der Waals surface area contributed by atoms with Gasteiger partial charge in [0, 0.05) is 19.0 Å². The Kier molecular flexibility index (Phi) is 7.39. The third-order valence-corrected chi connectivity index (χ3v) is 2.83. The Labute approximate surface area is 127 Å². The summed E-state index contributed by atoms with van der Waals surface area (Å²) in [6.07, 6.45) is 0. The molecule has 0 aromatic carbocycles. The van der Waals surface area contributed by atoms with Crippen LogP contribution >= 0.6 is 0 Å². The highest BCUT2D eigenvalue weighted by molar-refractivity contribution is 5.90. The molecule has 2 N–H and O–H groups in total. The van der Waals surface area contributed by atoms with Crippen molar-refractivity contribution in [2.45, 2.75) is 60.0 Å². The first-order valence-corrected chi connectivity index (χ1v) is 7.34. The fraction of sp³-hybridized carbons (Fsp3) is 0.800. The van der Waals surface area contributed by atoms with Crippen LogP contribution < -0.4 is 10.6 Å². The number of hydrogen-bond acceptors (Lipinski definition) is 3. The van der Waals surface area contributed by atoms with Crippen LogP contribution in [0.4, 0.5) is 0 Å². The van der Waals surface area contributed by atoms with E-state index in [1.165, 1.54) is 11.8 Å². The second kappa shape index (κ2) is 8.00. The van der Waals surface area contributed by atoms with Gasteiger partial charge in [-0.25, -0.2) is 0 Å². The minimum atomic E-state index is -0.607. The Balaban J connectivity index is 4.87. The minimum Gasteiger partial charge on any atom is -0.350 e. The fourth-order valence-corrected chi connectivity index (χ4v) is 1.91. The van der Waals surface area contributed by atoms with Crippen LogP contribution in [0, 0.1) is 5.92 Å². The standard InChI is InChI=1S/C15H29N3O3/c1-8-18(9-12(20)17-15(5,6)7)14(21)13(10(2)3)16-11(4)19/h10,13H,8-9H2,1-7H3,(H,16,19)(H,17,20). The lowest BCUT2D eigenvalue weighted by Crippen LogP contribution is -2.54. The largest absolute Gasteiger partial charge is 0.350 e. The summed E-state index contributed by atoms with van der Waals surface area (Å²) in [6.45, 7) is 13.0. The molecule has 0 heterocycles. The molecule has 6 heteroatoms. The number of carbonyl (C=O) groups is 3. The van der Waals surface area contributed by atoms with Crippen LogP contribution in [0.2, 0.25) is 0 Å². The summed E-state index contributed by atoms with van der Waals surface area (Å²) in [5.74, 6) is -0.729. The van der Waals surface area contributed by atoms with E-state index in [2.05, 4.69) is 10.6 Å². The van der Waals surface area contributed by atoms with Crippen molar-refractivity contribution in [3.8, 4) is 0 Å². The molecule has 0 radical (unpaired) electrons. The van der Waals surface area contributed by atoms with Gasteiger partial charge in [-0.2, -0.15) is 0 Å². The van der Waals surface area contributed by atoms with Crippen molar-refractivity contribution in [2.24, 2.45) is 5.92 Å². The Hall–Kier alpha value is -1.59. The fourth-order valence-electron chi connectivity index (χ4n) is 1.91. The Morgan fingerprint density at radius 1 is 1.14 bits per heavy atom. The highest BCUT2D eigenvalue weighted by Gasteiger charge is 2.28.